The largest absolute Gasteiger partial charge is 0.0625 e. The summed E-state index contributed by atoms with van der Waals surface area (Å²) in [6.07, 6.45) is 5.52. The Balaban J connectivity index is 1.84. The van der Waals surface area contributed by atoms with Gasteiger partial charge in [-0.05, 0) is 60.8 Å². The van der Waals surface area contributed by atoms with Gasteiger partial charge in [-0.25, -0.2) is 0 Å². The van der Waals surface area contributed by atoms with Gasteiger partial charge >= 0.3 is 0 Å². The van der Waals surface area contributed by atoms with Gasteiger partial charge in [-0.1, -0.05) is 67.8 Å². The highest BCUT2D eigenvalue weighted by molar-refractivity contribution is 5.67. The van der Waals surface area contributed by atoms with Gasteiger partial charge in [-0.15, -0.1) is 0 Å². The van der Waals surface area contributed by atoms with Crippen molar-refractivity contribution in [1.82, 2.24) is 0 Å². The second kappa shape index (κ2) is 6.05. The molecule has 3 rings (SSSR count). The maximum atomic E-state index is 2.43. The summed E-state index contributed by atoms with van der Waals surface area (Å²) < 4.78 is 0. The van der Waals surface area contributed by atoms with Crippen LogP contribution >= 0.6 is 0 Å². The van der Waals surface area contributed by atoms with E-state index in [4.69, 9.17) is 0 Å². The molecule has 0 heterocycles. The molecule has 0 aromatic heterocycles. The van der Waals surface area contributed by atoms with E-state index in [-0.39, 0.29) is 0 Å². The smallest absolute Gasteiger partial charge is 0.0155 e. The molecule has 1 aliphatic rings. The summed E-state index contributed by atoms with van der Waals surface area (Å²) in [4.78, 5) is 0. The molecule has 0 saturated heterocycles. The average molecular weight is 278 g/mol. The van der Waals surface area contributed by atoms with Crippen molar-refractivity contribution in [2.45, 2.75) is 52.4 Å². The summed E-state index contributed by atoms with van der Waals surface area (Å²) in [6, 6.07) is 16.0. The van der Waals surface area contributed by atoms with Crippen molar-refractivity contribution in [2.24, 2.45) is 5.92 Å². The standard InChI is InChI=1S/C21H26/c1-15-4-8-18(9-5-15)20-12-13-21(17(3)14-20)19-10-6-16(2)7-11-19/h6-7,10-15,18H,4-5,8-9H2,1-3H3. The highest BCUT2D eigenvalue weighted by atomic mass is 14.2. The zero-order chi connectivity index (χ0) is 14.8. The quantitative estimate of drug-likeness (QED) is 0.608. The molecule has 0 N–H and O–H groups in total. The second-order valence-corrected chi connectivity index (χ2v) is 6.90. The van der Waals surface area contributed by atoms with E-state index in [9.17, 15) is 0 Å². The van der Waals surface area contributed by atoms with Crippen LogP contribution in [0.3, 0.4) is 0 Å². The van der Waals surface area contributed by atoms with E-state index in [1.807, 2.05) is 0 Å². The van der Waals surface area contributed by atoms with Crippen molar-refractivity contribution in [3.8, 4) is 11.1 Å². The predicted molar refractivity (Wildman–Crippen MR) is 91.7 cm³/mol. The Labute approximate surface area is 129 Å². The van der Waals surface area contributed by atoms with Crippen LogP contribution < -0.4 is 0 Å². The Bertz CT molecular complexity index is 598. The van der Waals surface area contributed by atoms with Crippen LogP contribution in [-0.4, -0.2) is 0 Å². The first kappa shape index (κ1) is 14.4. The van der Waals surface area contributed by atoms with Crippen LogP contribution in [0.2, 0.25) is 0 Å². The van der Waals surface area contributed by atoms with Crippen LogP contribution in [0.15, 0.2) is 42.5 Å². The van der Waals surface area contributed by atoms with E-state index in [1.165, 1.54) is 47.9 Å². The molecule has 1 fully saturated rings. The Morgan fingerprint density at radius 2 is 1.48 bits per heavy atom. The zero-order valence-electron chi connectivity index (χ0n) is 13.5. The van der Waals surface area contributed by atoms with Gasteiger partial charge in [0.2, 0.25) is 0 Å². The summed E-state index contributed by atoms with van der Waals surface area (Å²) >= 11 is 0. The Kier molecular flexibility index (Phi) is 4.14. The molecular weight excluding hydrogens is 252 g/mol. The van der Waals surface area contributed by atoms with E-state index in [1.54, 1.807) is 5.56 Å². The van der Waals surface area contributed by atoms with E-state index in [2.05, 4.69) is 63.2 Å². The van der Waals surface area contributed by atoms with E-state index in [0.717, 1.165) is 11.8 Å². The molecule has 0 spiro atoms. The lowest BCUT2D eigenvalue weighted by molar-refractivity contribution is 0.348. The third kappa shape index (κ3) is 3.20. The van der Waals surface area contributed by atoms with Gasteiger partial charge in [0, 0.05) is 0 Å². The maximum Gasteiger partial charge on any atom is -0.0155 e. The van der Waals surface area contributed by atoms with Crippen LogP contribution in [-0.2, 0) is 0 Å². The first-order chi connectivity index (χ1) is 10.1. The fraction of sp³-hybridized carbons (Fsp3) is 0.429. The van der Waals surface area contributed by atoms with Crippen LogP contribution in [0.1, 0.15) is 55.2 Å². The van der Waals surface area contributed by atoms with Gasteiger partial charge in [-0.2, -0.15) is 0 Å². The van der Waals surface area contributed by atoms with Crippen LogP contribution in [0.25, 0.3) is 11.1 Å². The van der Waals surface area contributed by atoms with Crippen molar-refractivity contribution in [2.75, 3.05) is 0 Å². The average Bonchev–Trinajstić information content (AvgIpc) is 2.49. The molecule has 2 aromatic carbocycles. The molecule has 0 amide bonds. The molecule has 0 radical (unpaired) electrons. The zero-order valence-corrected chi connectivity index (χ0v) is 13.5. The minimum absolute atomic E-state index is 0.784. The normalized spacial score (nSPS) is 22.2. The predicted octanol–water partition coefficient (Wildman–Crippen LogP) is 6.26. The SMILES string of the molecule is Cc1ccc(-c2ccc(C3CCC(C)CC3)cc2C)cc1. The van der Waals surface area contributed by atoms with Gasteiger partial charge < -0.3 is 0 Å². The Hall–Kier alpha value is -1.56. The highest BCUT2D eigenvalue weighted by Gasteiger charge is 2.20. The van der Waals surface area contributed by atoms with Gasteiger partial charge in [0.1, 0.15) is 0 Å². The fourth-order valence-electron chi connectivity index (χ4n) is 3.59. The molecule has 0 nitrogen and oxygen atoms in total. The van der Waals surface area contributed by atoms with Gasteiger partial charge in [-0.3, -0.25) is 0 Å². The summed E-state index contributed by atoms with van der Waals surface area (Å²) in [5, 5.41) is 0. The fourth-order valence-corrected chi connectivity index (χ4v) is 3.59. The van der Waals surface area contributed by atoms with E-state index >= 15 is 0 Å². The molecule has 0 heteroatoms. The molecule has 1 aliphatic carbocycles. The minimum Gasteiger partial charge on any atom is -0.0625 e. The summed E-state index contributed by atoms with van der Waals surface area (Å²) in [6.45, 7) is 6.79. The molecule has 21 heavy (non-hydrogen) atoms. The summed E-state index contributed by atoms with van der Waals surface area (Å²) in [5.74, 6) is 1.71. The van der Waals surface area contributed by atoms with E-state index in [0.29, 0.717) is 0 Å². The van der Waals surface area contributed by atoms with Crippen LogP contribution in [0, 0.1) is 19.8 Å². The van der Waals surface area contributed by atoms with E-state index < -0.39 is 0 Å². The number of benzene rings is 2. The topological polar surface area (TPSA) is 0 Å². The monoisotopic (exact) mass is 278 g/mol. The van der Waals surface area contributed by atoms with Crippen LogP contribution in [0.4, 0.5) is 0 Å². The maximum absolute atomic E-state index is 2.43. The number of aryl methyl sites for hydroxylation is 2. The first-order valence-electron chi connectivity index (χ1n) is 8.31. The van der Waals surface area contributed by atoms with Crippen molar-refractivity contribution in [3.63, 3.8) is 0 Å². The lowest BCUT2D eigenvalue weighted by Crippen LogP contribution is -2.10. The van der Waals surface area contributed by atoms with Gasteiger partial charge in [0.05, 0.1) is 0 Å². The first-order valence-corrected chi connectivity index (χ1v) is 8.31. The third-order valence-corrected chi connectivity index (χ3v) is 5.10. The molecule has 0 aliphatic heterocycles. The van der Waals surface area contributed by atoms with Crippen molar-refractivity contribution >= 4 is 0 Å². The number of hydrogen-bond acceptors (Lipinski definition) is 0. The molecule has 0 unspecified atom stereocenters. The summed E-state index contributed by atoms with van der Waals surface area (Å²) in [5.41, 5.74) is 7.00. The number of hydrogen-bond donors (Lipinski definition) is 0. The molecule has 1 saturated carbocycles. The Morgan fingerprint density at radius 3 is 2.10 bits per heavy atom. The second-order valence-electron chi connectivity index (χ2n) is 6.90. The third-order valence-electron chi connectivity index (χ3n) is 5.10. The van der Waals surface area contributed by atoms with Crippen molar-refractivity contribution < 1.29 is 0 Å². The minimum atomic E-state index is 0.784. The molecule has 0 bridgehead atoms. The number of rotatable bonds is 2. The van der Waals surface area contributed by atoms with Gasteiger partial charge in [0.15, 0.2) is 0 Å². The Morgan fingerprint density at radius 1 is 0.810 bits per heavy atom. The lowest BCUT2D eigenvalue weighted by atomic mass is 9.79. The van der Waals surface area contributed by atoms with Gasteiger partial charge in [0.25, 0.3) is 0 Å². The molecule has 0 atom stereocenters. The molecular formula is C21H26. The van der Waals surface area contributed by atoms with Crippen molar-refractivity contribution in [1.29, 1.82) is 0 Å². The molecule has 2 aromatic rings. The highest BCUT2D eigenvalue weighted by Crippen LogP contribution is 2.37. The molecule has 110 valence electrons. The van der Waals surface area contributed by atoms with Crippen LogP contribution in [0.5, 0.6) is 0 Å². The summed E-state index contributed by atoms with van der Waals surface area (Å²) in [7, 11) is 0. The lowest BCUT2D eigenvalue weighted by Gasteiger charge is -2.27. The van der Waals surface area contributed by atoms with Crippen molar-refractivity contribution in [3.05, 3.63) is 59.2 Å².